The smallest absolute Gasteiger partial charge is 0.282 e. The minimum absolute atomic E-state index is 0.0152. The fourth-order valence-electron chi connectivity index (χ4n) is 3.59. The number of aryl methyl sites for hydroxylation is 1. The number of sulfonamides is 1. The van der Waals surface area contributed by atoms with Crippen LogP contribution in [0.4, 0.5) is 0 Å². The first kappa shape index (κ1) is 20.8. The monoisotopic (exact) mass is 434 g/mol. The van der Waals surface area contributed by atoms with Crippen LogP contribution in [0.25, 0.3) is 0 Å². The summed E-state index contributed by atoms with van der Waals surface area (Å²) in [7, 11) is -4.02. The van der Waals surface area contributed by atoms with E-state index in [1.807, 2.05) is 67.6 Å². The third kappa shape index (κ3) is 4.09. The number of amides is 1. The molecule has 1 amide bonds. The number of carbonyl (C=O) groups excluding carboxylic acids is 1. The van der Waals surface area contributed by atoms with Gasteiger partial charge in [-0.15, -0.1) is 0 Å². The Labute approximate surface area is 181 Å². The van der Waals surface area contributed by atoms with Crippen LogP contribution in [0.5, 0.6) is 0 Å². The van der Waals surface area contributed by atoms with Gasteiger partial charge in [0, 0.05) is 11.1 Å². The molecule has 6 nitrogen and oxygen atoms in total. The van der Waals surface area contributed by atoms with E-state index in [0.717, 1.165) is 23.1 Å². The Balaban J connectivity index is 1.59. The van der Waals surface area contributed by atoms with Crippen molar-refractivity contribution >= 4 is 21.6 Å². The largest absolute Gasteiger partial charge is 0.379 e. The number of nitrogens with one attached hydrogen (secondary N) is 1. The normalized spacial score (nSPS) is 15.1. The van der Waals surface area contributed by atoms with E-state index in [2.05, 4.69) is 9.88 Å². The summed E-state index contributed by atoms with van der Waals surface area (Å²) in [6, 6.07) is 25.3. The molecular formula is C24H22N2O4S. The van der Waals surface area contributed by atoms with Crippen LogP contribution in [-0.4, -0.2) is 20.0 Å². The number of hydrogen-bond donors (Lipinski definition) is 1. The highest BCUT2D eigenvalue weighted by molar-refractivity contribution is 7.90. The highest BCUT2D eigenvalue weighted by atomic mass is 32.2. The predicted molar refractivity (Wildman–Crippen MR) is 118 cm³/mol. The van der Waals surface area contributed by atoms with Crippen molar-refractivity contribution in [3.8, 4) is 0 Å². The molecule has 0 aromatic heterocycles. The summed E-state index contributed by atoms with van der Waals surface area (Å²) in [5.41, 5.74) is 1.68. The molecule has 3 aromatic rings. The summed E-state index contributed by atoms with van der Waals surface area (Å²) in [5, 5.41) is 3.99. The zero-order chi connectivity index (χ0) is 21.9. The van der Waals surface area contributed by atoms with Gasteiger partial charge in [-0.3, -0.25) is 4.79 Å². The van der Waals surface area contributed by atoms with Gasteiger partial charge in [-0.2, -0.15) is 0 Å². The van der Waals surface area contributed by atoms with Gasteiger partial charge in [0.2, 0.25) is 0 Å². The van der Waals surface area contributed by atoms with E-state index in [1.165, 1.54) is 12.1 Å². The molecule has 3 aromatic carbocycles. The quantitative estimate of drug-likeness (QED) is 0.640. The Hall–Kier alpha value is -3.45. The molecule has 0 aliphatic carbocycles. The molecule has 158 valence electrons. The number of hydrogen-bond acceptors (Lipinski definition) is 5. The van der Waals surface area contributed by atoms with E-state index in [-0.39, 0.29) is 17.0 Å². The van der Waals surface area contributed by atoms with Crippen molar-refractivity contribution in [3.63, 3.8) is 0 Å². The molecule has 7 heteroatoms. The molecule has 1 heterocycles. The fourth-order valence-corrected chi connectivity index (χ4v) is 4.56. The van der Waals surface area contributed by atoms with E-state index >= 15 is 0 Å². The number of rotatable bonds is 6. The van der Waals surface area contributed by atoms with Gasteiger partial charge in [-0.05, 0) is 24.1 Å². The topological polar surface area (TPSA) is 84.8 Å². The van der Waals surface area contributed by atoms with Crippen molar-refractivity contribution in [2.75, 3.05) is 0 Å². The van der Waals surface area contributed by atoms with Gasteiger partial charge in [-0.25, -0.2) is 13.1 Å². The fraction of sp³-hybridized carbons (Fsp3) is 0.167. The van der Waals surface area contributed by atoms with Crippen LogP contribution in [0.2, 0.25) is 0 Å². The second-order valence-electron chi connectivity index (χ2n) is 7.30. The average Bonchev–Trinajstić information content (AvgIpc) is 3.27. The molecule has 0 saturated carbocycles. The third-order valence-electron chi connectivity index (χ3n) is 5.34. The van der Waals surface area contributed by atoms with Gasteiger partial charge in [0.1, 0.15) is 0 Å². The maximum absolute atomic E-state index is 12.8. The molecule has 0 unspecified atom stereocenters. The molecule has 0 saturated heterocycles. The van der Waals surface area contributed by atoms with Crippen LogP contribution in [0, 0.1) is 0 Å². The zero-order valence-corrected chi connectivity index (χ0v) is 17.8. The first-order valence-corrected chi connectivity index (χ1v) is 11.4. The van der Waals surface area contributed by atoms with Crippen LogP contribution >= 0.6 is 0 Å². The van der Waals surface area contributed by atoms with Crippen molar-refractivity contribution in [2.24, 2.45) is 5.16 Å². The predicted octanol–water partition coefficient (Wildman–Crippen LogP) is 3.77. The molecule has 1 aliphatic rings. The van der Waals surface area contributed by atoms with Crippen LogP contribution in [0.15, 0.2) is 95.0 Å². The molecule has 0 radical (unpaired) electrons. The van der Waals surface area contributed by atoms with Gasteiger partial charge in [0.15, 0.2) is 11.3 Å². The first-order chi connectivity index (χ1) is 14.9. The minimum Gasteiger partial charge on any atom is -0.379 e. The minimum atomic E-state index is -4.02. The van der Waals surface area contributed by atoms with E-state index in [4.69, 9.17) is 4.84 Å². The standard InChI is InChI=1S/C24H22N2O4S/c1-2-18-13-15-21(16-14-18)31(28,29)26-23(27)22-17-24(30-25-22,19-9-5-3-6-10-19)20-11-7-4-8-12-20/h3-16H,2,17H2,1H3,(H,26,27). The van der Waals surface area contributed by atoms with Gasteiger partial charge in [-0.1, -0.05) is 84.9 Å². The summed E-state index contributed by atoms with van der Waals surface area (Å²) >= 11 is 0. The SMILES string of the molecule is CCc1ccc(S(=O)(=O)NC(=O)C2=NOC(c3ccccc3)(c3ccccc3)C2)cc1. The molecule has 0 atom stereocenters. The van der Waals surface area contributed by atoms with E-state index < -0.39 is 21.5 Å². The highest BCUT2D eigenvalue weighted by Gasteiger charge is 2.45. The van der Waals surface area contributed by atoms with Crippen molar-refractivity contribution in [1.82, 2.24) is 4.72 Å². The summed E-state index contributed by atoms with van der Waals surface area (Å²) in [4.78, 5) is 18.7. The molecule has 31 heavy (non-hydrogen) atoms. The van der Waals surface area contributed by atoms with Gasteiger partial charge in [0.25, 0.3) is 15.9 Å². The maximum Gasteiger partial charge on any atom is 0.282 e. The van der Waals surface area contributed by atoms with Crippen molar-refractivity contribution in [1.29, 1.82) is 0 Å². The summed E-state index contributed by atoms with van der Waals surface area (Å²) in [5.74, 6) is -0.798. The second kappa shape index (κ2) is 8.35. The molecule has 0 bridgehead atoms. The Morgan fingerprint density at radius 1 is 0.935 bits per heavy atom. The van der Waals surface area contributed by atoms with Crippen LogP contribution in [-0.2, 0) is 31.7 Å². The summed E-state index contributed by atoms with van der Waals surface area (Å²) in [6.07, 6.45) is 0.902. The molecule has 0 spiro atoms. The highest BCUT2D eigenvalue weighted by Crippen LogP contribution is 2.41. The van der Waals surface area contributed by atoms with Crippen molar-refractivity contribution in [2.45, 2.75) is 30.3 Å². The molecule has 1 aliphatic heterocycles. The maximum atomic E-state index is 12.8. The Bertz CT molecular complexity index is 1170. The number of nitrogens with zero attached hydrogens (tertiary/aromatic N) is 1. The van der Waals surface area contributed by atoms with Gasteiger partial charge < -0.3 is 4.84 Å². The van der Waals surface area contributed by atoms with Crippen molar-refractivity contribution in [3.05, 3.63) is 102 Å². The van der Waals surface area contributed by atoms with Crippen LogP contribution < -0.4 is 4.72 Å². The Kier molecular flexibility index (Phi) is 5.61. The van der Waals surface area contributed by atoms with Crippen LogP contribution in [0.3, 0.4) is 0 Å². The number of benzene rings is 3. The first-order valence-electron chi connectivity index (χ1n) is 9.97. The number of carbonyl (C=O) groups is 1. The lowest BCUT2D eigenvalue weighted by Crippen LogP contribution is -2.37. The Morgan fingerprint density at radius 3 is 2.00 bits per heavy atom. The third-order valence-corrected chi connectivity index (χ3v) is 6.69. The van der Waals surface area contributed by atoms with E-state index in [1.54, 1.807) is 12.1 Å². The van der Waals surface area contributed by atoms with Gasteiger partial charge in [0.05, 0.1) is 11.3 Å². The molecule has 4 rings (SSSR count). The van der Waals surface area contributed by atoms with E-state index in [9.17, 15) is 13.2 Å². The Morgan fingerprint density at radius 2 is 1.48 bits per heavy atom. The van der Waals surface area contributed by atoms with Gasteiger partial charge >= 0.3 is 0 Å². The second-order valence-corrected chi connectivity index (χ2v) is 8.98. The molecule has 0 fully saturated rings. The summed E-state index contributed by atoms with van der Waals surface area (Å²) < 4.78 is 27.5. The van der Waals surface area contributed by atoms with E-state index in [0.29, 0.717) is 0 Å². The van der Waals surface area contributed by atoms with Crippen LogP contribution in [0.1, 0.15) is 30.0 Å². The average molecular weight is 435 g/mol. The number of oxime groups is 1. The molecular weight excluding hydrogens is 412 g/mol. The van der Waals surface area contributed by atoms with Crippen molar-refractivity contribution < 1.29 is 18.0 Å². The lowest BCUT2D eigenvalue weighted by atomic mass is 9.82. The lowest BCUT2D eigenvalue weighted by Gasteiger charge is -2.27. The zero-order valence-electron chi connectivity index (χ0n) is 17.0. The molecule has 1 N–H and O–H groups in total. The summed E-state index contributed by atoms with van der Waals surface area (Å²) in [6.45, 7) is 1.98. The lowest BCUT2D eigenvalue weighted by molar-refractivity contribution is -0.113.